The summed E-state index contributed by atoms with van der Waals surface area (Å²) in [6.07, 6.45) is 0. The highest BCUT2D eigenvalue weighted by Crippen LogP contribution is 2.28. The van der Waals surface area contributed by atoms with Crippen molar-refractivity contribution in [2.75, 3.05) is 24.3 Å². The van der Waals surface area contributed by atoms with Crippen LogP contribution in [-0.2, 0) is 6.54 Å². The van der Waals surface area contributed by atoms with E-state index in [1.54, 1.807) is 6.07 Å². The topological polar surface area (TPSA) is 52.7 Å². The molecular weight excluding hydrogens is 437 g/mol. The second kappa shape index (κ2) is 10.6. The zero-order chi connectivity index (χ0) is 24.1. The van der Waals surface area contributed by atoms with Crippen LogP contribution in [0.25, 0.3) is 0 Å². The molecule has 7 heteroatoms. The highest BCUT2D eigenvalue weighted by Gasteiger charge is 2.25. The van der Waals surface area contributed by atoms with Crippen LogP contribution >= 0.6 is 11.3 Å². The number of nitrogens with one attached hydrogen (secondary N) is 1. The number of rotatable bonds is 8. The molecule has 0 spiro atoms. The van der Waals surface area contributed by atoms with Gasteiger partial charge in [0.05, 0.1) is 4.88 Å². The van der Waals surface area contributed by atoms with Crippen molar-refractivity contribution in [3.8, 4) is 0 Å². The van der Waals surface area contributed by atoms with Crippen molar-refractivity contribution in [2.45, 2.75) is 33.4 Å². The van der Waals surface area contributed by atoms with Gasteiger partial charge in [0.1, 0.15) is 5.82 Å². The smallest absolute Gasteiger partial charge is 0.265 e. The molecule has 174 valence electrons. The Bertz CT molecular complexity index is 1100. The maximum Gasteiger partial charge on any atom is 0.265 e. The van der Waals surface area contributed by atoms with Gasteiger partial charge in [-0.1, -0.05) is 19.9 Å². The van der Waals surface area contributed by atoms with Crippen LogP contribution in [0.3, 0.4) is 0 Å². The number of amides is 2. The van der Waals surface area contributed by atoms with Crippen LogP contribution in [0.2, 0.25) is 0 Å². The number of carbonyl (C=O) groups is 2. The summed E-state index contributed by atoms with van der Waals surface area (Å²) in [4.78, 5) is 30.4. The molecule has 2 amide bonds. The minimum absolute atomic E-state index is 0.0538. The summed E-state index contributed by atoms with van der Waals surface area (Å²) >= 11 is 1.38. The molecule has 2 aromatic carbocycles. The maximum atomic E-state index is 13.4. The van der Waals surface area contributed by atoms with Crippen LogP contribution in [0.15, 0.2) is 60.0 Å². The fraction of sp³-hybridized carbons (Fsp3) is 0.308. The lowest BCUT2D eigenvalue weighted by molar-refractivity contribution is 0.0628. The molecule has 0 saturated heterocycles. The lowest BCUT2D eigenvalue weighted by Crippen LogP contribution is -2.41. The van der Waals surface area contributed by atoms with E-state index >= 15 is 0 Å². The molecule has 1 heterocycles. The van der Waals surface area contributed by atoms with E-state index < -0.39 is 0 Å². The minimum Gasteiger partial charge on any atom is -0.377 e. The van der Waals surface area contributed by atoms with E-state index in [2.05, 4.69) is 19.2 Å². The zero-order valence-electron chi connectivity index (χ0n) is 19.6. The lowest BCUT2D eigenvalue weighted by atomic mass is 10.0. The fourth-order valence-corrected chi connectivity index (χ4v) is 4.15. The molecule has 0 saturated carbocycles. The van der Waals surface area contributed by atoms with Gasteiger partial charge in [-0.3, -0.25) is 9.59 Å². The molecule has 0 radical (unpaired) electrons. The number of carbonyl (C=O) groups excluding carboxylic acids is 2. The highest BCUT2D eigenvalue weighted by molar-refractivity contribution is 7.12. The third kappa shape index (κ3) is 5.99. The SMILES string of the molecule is CC(C)[C@@H](C)N(Cc1cc(NC(=O)c2cccs2)ccc1N(C)C)C(=O)c1ccc(F)cc1. The second-order valence-electron chi connectivity index (χ2n) is 8.59. The third-order valence-corrected chi connectivity index (χ3v) is 6.58. The van der Waals surface area contributed by atoms with Crippen LogP contribution in [0.4, 0.5) is 15.8 Å². The van der Waals surface area contributed by atoms with E-state index in [1.807, 2.05) is 60.5 Å². The second-order valence-corrected chi connectivity index (χ2v) is 9.54. The average molecular weight is 468 g/mol. The fourth-order valence-electron chi connectivity index (χ4n) is 3.53. The predicted octanol–water partition coefficient (Wildman–Crippen LogP) is 5.89. The Kier molecular flexibility index (Phi) is 7.87. The Hall–Kier alpha value is -3.19. The van der Waals surface area contributed by atoms with Crippen molar-refractivity contribution >= 4 is 34.5 Å². The van der Waals surface area contributed by atoms with Gasteiger partial charge in [0.15, 0.2) is 0 Å². The third-order valence-electron chi connectivity index (χ3n) is 5.71. The van der Waals surface area contributed by atoms with Crippen LogP contribution in [0, 0.1) is 11.7 Å². The van der Waals surface area contributed by atoms with E-state index in [1.165, 1.54) is 35.6 Å². The summed E-state index contributed by atoms with van der Waals surface area (Å²) in [7, 11) is 3.89. The Morgan fingerprint density at radius 1 is 1.03 bits per heavy atom. The number of halogens is 1. The molecular formula is C26H30FN3O2S. The highest BCUT2D eigenvalue weighted by atomic mass is 32.1. The molecule has 0 unspecified atom stereocenters. The van der Waals surface area contributed by atoms with Gasteiger partial charge in [-0.25, -0.2) is 4.39 Å². The standard InChI is InChI=1S/C26H30FN3O2S/c1-17(2)18(3)30(26(32)19-8-10-21(27)11-9-19)16-20-15-22(12-13-23(20)29(4)5)28-25(31)24-7-6-14-33-24/h6-15,17-18H,16H2,1-5H3,(H,28,31)/t18-/m1/s1. The maximum absolute atomic E-state index is 13.4. The molecule has 1 aromatic heterocycles. The van der Waals surface area contributed by atoms with Crippen LogP contribution in [0.5, 0.6) is 0 Å². The summed E-state index contributed by atoms with van der Waals surface area (Å²) < 4.78 is 13.4. The van der Waals surface area contributed by atoms with Gasteiger partial charge in [-0.15, -0.1) is 11.3 Å². The van der Waals surface area contributed by atoms with Crippen molar-refractivity contribution < 1.29 is 14.0 Å². The van der Waals surface area contributed by atoms with Gasteiger partial charge in [0.25, 0.3) is 11.8 Å². The Morgan fingerprint density at radius 3 is 2.30 bits per heavy atom. The first-order valence-corrected chi connectivity index (χ1v) is 11.8. The van der Waals surface area contributed by atoms with Gasteiger partial charge in [0.2, 0.25) is 0 Å². The minimum atomic E-state index is -0.376. The van der Waals surface area contributed by atoms with Crippen molar-refractivity contribution in [2.24, 2.45) is 5.92 Å². The van der Waals surface area contributed by atoms with Crippen LogP contribution in [-0.4, -0.2) is 36.9 Å². The molecule has 0 bridgehead atoms. The normalized spacial score (nSPS) is 11.8. The van der Waals surface area contributed by atoms with E-state index in [0.29, 0.717) is 22.7 Å². The summed E-state index contributed by atoms with van der Waals surface area (Å²) in [6.45, 7) is 6.51. The molecule has 0 aliphatic rings. The van der Waals surface area contributed by atoms with Gasteiger partial charge in [-0.05, 0) is 72.3 Å². The lowest BCUT2D eigenvalue weighted by Gasteiger charge is -2.33. The van der Waals surface area contributed by atoms with Gasteiger partial charge >= 0.3 is 0 Å². The molecule has 0 fully saturated rings. The number of anilines is 2. The number of hydrogen-bond acceptors (Lipinski definition) is 4. The van der Waals surface area contributed by atoms with Crippen LogP contribution < -0.4 is 10.2 Å². The first kappa shape index (κ1) is 24.5. The molecule has 0 aliphatic heterocycles. The summed E-state index contributed by atoms with van der Waals surface area (Å²) in [5.41, 5.74) is 2.97. The number of benzene rings is 2. The molecule has 5 nitrogen and oxygen atoms in total. The zero-order valence-corrected chi connectivity index (χ0v) is 20.4. The number of thiophene rings is 1. The first-order chi connectivity index (χ1) is 15.7. The quantitative estimate of drug-likeness (QED) is 0.449. The Morgan fingerprint density at radius 2 is 1.73 bits per heavy atom. The van der Waals surface area contributed by atoms with Crippen molar-refractivity contribution in [1.82, 2.24) is 4.90 Å². The predicted molar refractivity (Wildman–Crippen MR) is 134 cm³/mol. The molecule has 33 heavy (non-hydrogen) atoms. The van der Waals surface area contributed by atoms with Gasteiger partial charge < -0.3 is 15.1 Å². The van der Waals surface area contributed by atoms with E-state index in [9.17, 15) is 14.0 Å². The van der Waals surface area contributed by atoms with Gasteiger partial charge in [0, 0.05) is 43.6 Å². The summed E-state index contributed by atoms with van der Waals surface area (Å²) in [6, 6.07) is 14.9. The number of hydrogen-bond donors (Lipinski definition) is 1. The van der Waals surface area contributed by atoms with E-state index in [0.717, 1.165) is 11.3 Å². The monoisotopic (exact) mass is 467 g/mol. The number of nitrogens with zero attached hydrogens (tertiary/aromatic N) is 2. The largest absolute Gasteiger partial charge is 0.377 e. The van der Waals surface area contributed by atoms with E-state index in [4.69, 9.17) is 0 Å². The molecule has 3 rings (SSSR count). The van der Waals surface area contributed by atoms with Crippen molar-refractivity contribution in [3.63, 3.8) is 0 Å². The van der Waals surface area contributed by atoms with Gasteiger partial charge in [-0.2, -0.15) is 0 Å². The molecule has 3 aromatic rings. The van der Waals surface area contributed by atoms with E-state index in [-0.39, 0.29) is 29.6 Å². The summed E-state index contributed by atoms with van der Waals surface area (Å²) in [5.74, 6) is -0.477. The van der Waals surface area contributed by atoms with Crippen LogP contribution in [0.1, 0.15) is 46.4 Å². The van der Waals surface area contributed by atoms with Crippen molar-refractivity contribution in [3.05, 3.63) is 81.8 Å². The average Bonchev–Trinajstić information content (AvgIpc) is 3.32. The van der Waals surface area contributed by atoms with Crippen molar-refractivity contribution in [1.29, 1.82) is 0 Å². The first-order valence-electron chi connectivity index (χ1n) is 10.9. The molecule has 1 atom stereocenters. The Balaban J connectivity index is 1.95. The Labute approximate surface area is 198 Å². The molecule has 0 aliphatic carbocycles. The molecule has 1 N–H and O–H groups in total. The summed E-state index contributed by atoms with van der Waals surface area (Å²) in [5, 5.41) is 4.81.